The zero-order valence-electron chi connectivity index (χ0n) is 46.4. The van der Waals surface area contributed by atoms with Crippen LogP contribution < -0.4 is 21.3 Å². The van der Waals surface area contributed by atoms with Gasteiger partial charge < -0.3 is 40.2 Å². The number of nitrogens with one attached hydrogen (secondary N) is 4. The number of benzene rings is 6. The summed E-state index contributed by atoms with van der Waals surface area (Å²) in [6.45, 7) is 18.8. The number of carbonyl (C=O) groups excluding carboxylic acids is 9. The minimum Gasteiger partial charge on any atom is -0.462 e. The lowest BCUT2D eigenvalue weighted by Gasteiger charge is -2.28. The smallest absolute Gasteiger partial charge is 0.338 e. The van der Waals surface area contributed by atoms with Gasteiger partial charge in [-0.2, -0.15) is 0 Å². The molecule has 0 saturated heterocycles. The fourth-order valence-electron chi connectivity index (χ4n) is 7.97. The van der Waals surface area contributed by atoms with Crippen molar-refractivity contribution in [2.45, 2.75) is 78.9 Å². The zero-order valence-corrected chi connectivity index (χ0v) is 46.4. The molecule has 0 fully saturated rings. The van der Waals surface area contributed by atoms with Crippen molar-refractivity contribution in [2.75, 3.05) is 36.2 Å². The van der Waals surface area contributed by atoms with Crippen LogP contribution in [0.3, 0.4) is 0 Å². The Kier molecular flexibility index (Phi) is 20.3. The predicted molar refractivity (Wildman–Crippen MR) is 307 cm³/mol. The highest BCUT2D eigenvalue weighted by Crippen LogP contribution is 2.35. The maximum absolute atomic E-state index is 14.3. The molecule has 0 heterocycles. The van der Waals surface area contributed by atoms with Crippen molar-refractivity contribution in [1.82, 2.24) is 5.32 Å². The van der Waals surface area contributed by atoms with Gasteiger partial charge in [0, 0.05) is 75.8 Å². The van der Waals surface area contributed by atoms with E-state index < -0.39 is 59.2 Å². The molecular weight excluding hydrogens is 1030 g/mol. The molecule has 0 bridgehead atoms. The number of rotatable bonds is 23. The molecule has 0 aromatic heterocycles. The summed E-state index contributed by atoms with van der Waals surface area (Å²) in [5, 5.41) is 11.0. The van der Waals surface area contributed by atoms with Gasteiger partial charge in [-0.3, -0.25) is 24.0 Å². The topological polar surface area (TPSA) is 239 Å². The second-order valence-corrected chi connectivity index (χ2v) is 19.9. The standard InChI is InChI=1S/C64H64N4O13/c1-37(2)60(74)80-40(6)31-33-78-62(76)51-29-21-46(35-53(51)58(72)65-10)64(8,9)47-22-30-52(63(77)79-34-32-41(7)81-61(75)38(3)4)54(36-47)59(73)68-50-27-19-45(20-28-50)57(71)67-49-25-17-43(18-26-49)55(69)42-15-23-48(24-16-42)66-56(70)44-13-11-39(5)12-14-44/h11-30,35-36,40-41H,1,3,31-34H2,2,4-10H3,(H,65,72)(H,66,70)(H,67,71)(H,68,73). The van der Waals surface area contributed by atoms with Crippen LogP contribution in [0.5, 0.6) is 0 Å². The number of anilines is 3. The molecule has 6 aromatic rings. The van der Waals surface area contributed by atoms with Crippen LogP contribution in [-0.4, -0.2) is 85.8 Å². The van der Waals surface area contributed by atoms with Gasteiger partial charge in [-0.15, -0.1) is 0 Å². The Hall–Kier alpha value is -9.77. The maximum atomic E-state index is 14.3. The molecule has 0 aliphatic heterocycles. The molecule has 2 unspecified atom stereocenters. The normalized spacial score (nSPS) is 11.6. The molecule has 6 rings (SSSR count). The van der Waals surface area contributed by atoms with Gasteiger partial charge in [0.2, 0.25) is 0 Å². The molecule has 81 heavy (non-hydrogen) atoms. The average molecular weight is 1100 g/mol. The minimum absolute atomic E-state index is 0.0145. The summed E-state index contributed by atoms with van der Waals surface area (Å²) in [6.07, 6.45) is -0.845. The van der Waals surface area contributed by atoms with Crippen molar-refractivity contribution in [3.05, 3.63) is 219 Å². The molecule has 0 saturated carbocycles. The summed E-state index contributed by atoms with van der Waals surface area (Å²) in [5.74, 6) is -5.06. The highest BCUT2D eigenvalue weighted by molar-refractivity contribution is 6.13. The highest BCUT2D eigenvalue weighted by Gasteiger charge is 2.30. The summed E-state index contributed by atoms with van der Waals surface area (Å²) in [6, 6.07) is 35.4. The average Bonchev–Trinajstić information content (AvgIpc) is 3.44. The molecule has 17 nitrogen and oxygen atoms in total. The number of carbonyl (C=O) groups is 9. The molecule has 4 N–H and O–H groups in total. The zero-order chi connectivity index (χ0) is 59.1. The van der Waals surface area contributed by atoms with Crippen molar-refractivity contribution in [3.63, 3.8) is 0 Å². The quantitative estimate of drug-likeness (QED) is 0.0202. The lowest BCUT2D eigenvalue weighted by Crippen LogP contribution is -2.26. The van der Waals surface area contributed by atoms with Crippen molar-refractivity contribution in [1.29, 1.82) is 0 Å². The van der Waals surface area contributed by atoms with Gasteiger partial charge in [-0.25, -0.2) is 19.2 Å². The summed E-state index contributed by atoms with van der Waals surface area (Å²) in [5.41, 5.74) is 4.16. The second-order valence-electron chi connectivity index (χ2n) is 19.9. The Morgan fingerprint density at radius 2 is 0.815 bits per heavy atom. The molecule has 6 aromatic carbocycles. The first-order valence-electron chi connectivity index (χ1n) is 25.9. The summed E-state index contributed by atoms with van der Waals surface area (Å²) >= 11 is 0. The van der Waals surface area contributed by atoms with E-state index in [9.17, 15) is 43.2 Å². The van der Waals surface area contributed by atoms with Crippen molar-refractivity contribution in [2.24, 2.45) is 0 Å². The monoisotopic (exact) mass is 1100 g/mol. The van der Waals surface area contributed by atoms with E-state index in [-0.39, 0.29) is 82.4 Å². The van der Waals surface area contributed by atoms with Gasteiger partial charge in [0.1, 0.15) is 12.2 Å². The molecule has 0 spiro atoms. The first-order valence-corrected chi connectivity index (χ1v) is 25.9. The molecule has 2 atom stereocenters. The molecule has 0 aliphatic rings. The van der Waals surface area contributed by atoms with Crippen molar-refractivity contribution >= 4 is 70.4 Å². The third-order valence-electron chi connectivity index (χ3n) is 13.0. The fraction of sp³-hybridized carbons (Fsp3) is 0.234. The van der Waals surface area contributed by atoms with Crippen LogP contribution in [0.2, 0.25) is 0 Å². The van der Waals surface area contributed by atoms with Gasteiger partial charge in [-0.1, -0.05) is 56.8 Å². The second kappa shape index (κ2) is 27.2. The molecular formula is C64H64N4O13. The highest BCUT2D eigenvalue weighted by atomic mass is 16.6. The number of hydrogen-bond acceptors (Lipinski definition) is 13. The summed E-state index contributed by atoms with van der Waals surface area (Å²) < 4.78 is 21.6. The fourth-order valence-corrected chi connectivity index (χ4v) is 7.97. The number of aryl methyl sites for hydroxylation is 1. The molecule has 4 amide bonds. The Balaban J connectivity index is 1.16. The molecule has 0 radical (unpaired) electrons. The lowest BCUT2D eigenvalue weighted by atomic mass is 9.76. The van der Waals surface area contributed by atoms with E-state index in [0.29, 0.717) is 39.2 Å². The molecule has 17 heteroatoms. The Morgan fingerprint density at radius 3 is 1.19 bits per heavy atom. The molecule has 418 valence electrons. The summed E-state index contributed by atoms with van der Waals surface area (Å²) in [4.78, 5) is 118. The van der Waals surface area contributed by atoms with Crippen molar-refractivity contribution < 1.29 is 62.1 Å². The van der Waals surface area contributed by atoms with Crippen LogP contribution in [0.4, 0.5) is 17.1 Å². The number of amides is 4. The number of ketones is 1. The van der Waals surface area contributed by atoms with Crippen LogP contribution in [0.25, 0.3) is 0 Å². The Morgan fingerprint density at radius 1 is 0.469 bits per heavy atom. The van der Waals surface area contributed by atoms with Gasteiger partial charge >= 0.3 is 23.9 Å². The van der Waals surface area contributed by atoms with E-state index in [1.165, 1.54) is 63.4 Å². The maximum Gasteiger partial charge on any atom is 0.338 e. The Bertz CT molecular complexity index is 3400. The Labute approximate surface area is 470 Å². The summed E-state index contributed by atoms with van der Waals surface area (Å²) in [7, 11) is 1.42. The van der Waals surface area contributed by atoms with E-state index in [0.717, 1.165) is 5.56 Å². The SMILES string of the molecule is C=C(C)C(=O)OC(C)CCOC(=O)c1ccc(C(C)(C)c2ccc(C(=O)OCCC(C)OC(=O)C(=C)C)c(C(=O)Nc3ccc(C(=O)Nc4ccc(C(=O)c5ccc(NC(=O)c6ccc(C)cc6)cc5)cc4)cc3)c2)cc1C(=O)NC. The van der Waals surface area contributed by atoms with Crippen LogP contribution in [0.1, 0.15) is 149 Å². The van der Waals surface area contributed by atoms with Crippen LogP contribution in [0, 0.1) is 6.92 Å². The largest absolute Gasteiger partial charge is 0.462 e. The van der Waals surface area contributed by atoms with Crippen LogP contribution >= 0.6 is 0 Å². The van der Waals surface area contributed by atoms with Gasteiger partial charge in [0.25, 0.3) is 23.6 Å². The van der Waals surface area contributed by atoms with Gasteiger partial charge in [0.05, 0.1) is 35.5 Å². The van der Waals surface area contributed by atoms with Crippen LogP contribution in [-0.2, 0) is 34.0 Å². The lowest BCUT2D eigenvalue weighted by molar-refractivity contribution is -0.144. The van der Waals surface area contributed by atoms with Crippen molar-refractivity contribution in [3.8, 4) is 0 Å². The van der Waals surface area contributed by atoms with E-state index in [1.54, 1.807) is 92.7 Å². The predicted octanol–water partition coefficient (Wildman–Crippen LogP) is 10.8. The third kappa shape index (κ3) is 16.2. The van der Waals surface area contributed by atoms with E-state index in [1.807, 2.05) is 32.9 Å². The van der Waals surface area contributed by atoms with E-state index in [2.05, 4.69) is 34.4 Å². The van der Waals surface area contributed by atoms with Gasteiger partial charge in [-0.05, 0) is 155 Å². The van der Waals surface area contributed by atoms with Gasteiger partial charge in [0.15, 0.2) is 5.78 Å². The van der Waals surface area contributed by atoms with E-state index >= 15 is 0 Å². The number of esters is 4. The third-order valence-corrected chi connectivity index (χ3v) is 13.0. The van der Waals surface area contributed by atoms with E-state index in [4.69, 9.17) is 18.9 Å². The first-order chi connectivity index (χ1) is 38.4. The first kappa shape index (κ1) is 60.5. The number of hydrogen-bond donors (Lipinski definition) is 4. The van der Waals surface area contributed by atoms with Crippen LogP contribution in [0.15, 0.2) is 158 Å². The minimum atomic E-state index is -0.977. The number of ether oxygens (including phenoxy) is 4. The molecule has 0 aliphatic carbocycles.